The second kappa shape index (κ2) is 7.22. The molecule has 7 heteroatoms. The molecule has 2 aliphatic heterocycles. The molecule has 3 heterocycles. The zero-order valence-corrected chi connectivity index (χ0v) is 16.1. The predicted octanol–water partition coefficient (Wildman–Crippen LogP) is 2.21. The van der Waals surface area contributed by atoms with Crippen molar-refractivity contribution in [3.63, 3.8) is 0 Å². The number of benzene rings is 1. The maximum atomic E-state index is 13.0. The summed E-state index contributed by atoms with van der Waals surface area (Å²) < 4.78 is 0. The summed E-state index contributed by atoms with van der Waals surface area (Å²) in [6.45, 7) is 5.07. The van der Waals surface area contributed by atoms with Gasteiger partial charge < -0.3 is 14.8 Å². The Morgan fingerprint density at radius 2 is 2.07 bits per heavy atom. The molecule has 1 aromatic carbocycles. The Balaban J connectivity index is 1.52. The number of aromatic amines is 1. The van der Waals surface area contributed by atoms with Crippen LogP contribution in [0.25, 0.3) is 0 Å². The molecular weight excluding hydrogens is 356 g/mol. The monoisotopic (exact) mass is 380 g/mol. The number of hydrogen-bond donors (Lipinski definition) is 1. The van der Waals surface area contributed by atoms with Crippen LogP contribution in [-0.4, -0.2) is 44.7 Å². The lowest BCUT2D eigenvalue weighted by Crippen LogP contribution is -2.40. The Hall–Kier alpha value is -2.96. The molecule has 1 atom stereocenters. The number of rotatable bonds is 4. The molecule has 1 saturated heterocycles. The van der Waals surface area contributed by atoms with E-state index in [2.05, 4.69) is 9.97 Å². The van der Waals surface area contributed by atoms with E-state index in [1.165, 1.54) is 6.07 Å². The van der Waals surface area contributed by atoms with Crippen molar-refractivity contribution in [1.29, 1.82) is 0 Å². The second-order valence-corrected chi connectivity index (χ2v) is 7.77. The number of nitrogens with zero attached hydrogens (tertiary/aromatic N) is 3. The van der Waals surface area contributed by atoms with Crippen molar-refractivity contribution in [3.8, 4) is 0 Å². The van der Waals surface area contributed by atoms with E-state index < -0.39 is 0 Å². The Morgan fingerprint density at radius 3 is 2.82 bits per heavy atom. The van der Waals surface area contributed by atoms with E-state index in [-0.39, 0.29) is 35.9 Å². The molecule has 0 spiro atoms. The minimum atomic E-state index is -0.251. The maximum absolute atomic E-state index is 13.0. The first-order valence-electron chi connectivity index (χ1n) is 9.72. The highest BCUT2D eigenvalue weighted by atomic mass is 16.2. The summed E-state index contributed by atoms with van der Waals surface area (Å²) in [5.41, 5.74) is 2.15. The van der Waals surface area contributed by atoms with Crippen LogP contribution >= 0.6 is 0 Å². The number of carbonyl (C=O) groups is 2. The average molecular weight is 380 g/mol. The van der Waals surface area contributed by atoms with Crippen molar-refractivity contribution in [2.75, 3.05) is 13.1 Å². The van der Waals surface area contributed by atoms with Gasteiger partial charge in [-0.3, -0.25) is 14.4 Å². The molecule has 0 aliphatic carbocycles. The number of aromatic nitrogens is 2. The number of hydrogen-bond acceptors (Lipinski definition) is 4. The fourth-order valence-electron chi connectivity index (χ4n) is 4.00. The van der Waals surface area contributed by atoms with Crippen molar-refractivity contribution in [2.45, 2.75) is 45.2 Å². The third-order valence-electron chi connectivity index (χ3n) is 5.48. The van der Waals surface area contributed by atoms with Crippen LogP contribution in [0, 0.1) is 0 Å². The van der Waals surface area contributed by atoms with Gasteiger partial charge in [-0.15, -0.1) is 0 Å². The molecule has 28 heavy (non-hydrogen) atoms. The lowest BCUT2D eigenvalue weighted by atomic mass is 10.1. The first kappa shape index (κ1) is 18.4. The minimum Gasteiger partial charge on any atom is -0.331 e. The summed E-state index contributed by atoms with van der Waals surface area (Å²) in [4.78, 5) is 48.3. The number of H-pyrrole nitrogens is 1. The van der Waals surface area contributed by atoms with E-state index in [1.807, 2.05) is 32.0 Å². The highest BCUT2D eigenvalue weighted by Gasteiger charge is 2.35. The van der Waals surface area contributed by atoms with Crippen molar-refractivity contribution in [1.82, 2.24) is 19.8 Å². The Kier molecular flexibility index (Phi) is 4.75. The fourth-order valence-corrected chi connectivity index (χ4v) is 4.00. The van der Waals surface area contributed by atoms with Crippen molar-refractivity contribution in [3.05, 3.63) is 63.3 Å². The molecule has 1 aromatic heterocycles. The minimum absolute atomic E-state index is 0.0398. The van der Waals surface area contributed by atoms with Crippen LogP contribution in [0.2, 0.25) is 0 Å². The summed E-state index contributed by atoms with van der Waals surface area (Å²) in [6.07, 6.45) is 1.60. The molecule has 146 valence electrons. The number of amides is 2. The summed E-state index contributed by atoms with van der Waals surface area (Å²) in [6, 6.07) is 8.71. The number of fused-ring (bicyclic) bond motifs is 1. The van der Waals surface area contributed by atoms with Crippen molar-refractivity contribution >= 4 is 11.8 Å². The number of nitrogens with one attached hydrogen (secondary N) is 1. The molecular formula is C21H24N4O3. The standard InChI is InChI=1S/C21H24N4O3/c1-13(2)16-10-18(26)23-20(22-16)17-8-5-9-25(17)19(27)12-24-11-14-6-3-4-7-15(14)21(24)28/h3-4,6-7,10,13,17H,5,8-9,11-12H2,1-2H3,(H,22,23,26). The molecule has 0 bridgehead atoms. The highest BCUT2D eigenvalue weighted by Crippen LogP contribution is 2.31. The van der Waals surface area contributed by atoms with E-state index in [9.17, 15) is 14.4 Å². The molecule has 2 aliphatic rings. The van der Waals surface area contributed by atoms with Gasteiger partial charge in [0.25, 0.3) is 11.5 Å². The molecule has 2 amide bonds. The number of carbonyl (C=O) groups excluding carboxylic acids is 2. The van der Waals surface area contributed by atoms with Gasteiger partial charge in [0.15, 0.2) is 0 Å². The van der Waals surface area contributed by atoms with Crippen LogP contribution in [0.5, 0.6) is 0 Å². The van der Waals surface area contributed by atoms with Gasteiger partial charge in [-0.25, -0.2) is 4.98 Å². The third kappa shape index (κ3) is 3.32. The molecule has 0 radical (unpaired) electrons. The predicted molar refractivity (Wildman–Crippen MR) is 104 cm³/mol. The fraction of sp³-hybridized carbons (Fsp3) is 0.429. The van der Waals surface area contributed by atoms with Gasteiger partial charge in [-0.1, -0.05) is 32.0 Å². The van der Waals surface area contributed by atoms with E-state index in [4.69, 9.17) is 0 Å². The van der Waals surface area contributed by atoms with Crippen LogP contribution in [0.15, 0.2) is 35.1 Å². The number of likely N-dealkylation sites (tertiary alicyclic amines) is 1. The van der Waals surface area contributed by atoms with Crippen LogP contribution < -0.4 is 5.56 Å². The largest absolute Gasteiger partial charge is 0.331 e. The third-order valence-corrected chi connectivity index (χ3v) is 5.48. The Bertz CT molecular complexity index is 982. The topological polar surface area (TPSA) is 86.4 Å². The van der Waals surface area contributed by atoms with Crippen LogP contribution in [0.1, 0.15) is 66.1 Å². The average Bonchev–Trinajstić information content (AvgIpc) is 3.27. The lowest BCUT2D eigenvalue weighted by Gasteiger charge is -2.26. The van der Waals surface area contributed by atoms with Gasteiger partial charge in [-0.2, -0.15) is 0 Å². The molecule has 1 N–H and O–H groups in total. The Morgan fingerprint density at radius 1 is 1.29 bits per heavy atom. The van der Waals surface area contributed by atoms with Crippen molar-refractivity contribution in [2.24, 2.45) is 0 Å². The summed E-state index contributed by atoms with van der Waals surface area (Å²) in [5, 5.41) is 0. The molecule has 7 nitrogen and oxygen atoms in total. The van der Waals surface area contributed by atoms with Gasteiger partial charge in [0.05, 0.1) is 11.7 Å². The van der Waals surface area contributed by atoms with E-state index >= 15 is 0 Å². The molecule has 1 fully saturated rings. The smallest absolute Gasteiger partial charge is 0.254 e. The van der Waals surface area contributed by atoms with E-state index in [0.717, 1.165) is 24.1 Å². The van der Waals surface area contributed by atoms with Gasteiger partial charge in [0.1, 0.15) is 12.4 Å². The normalized spacial score (nSPS) is 18.8. The highest BCUT2D eigenvalue weighted by molar-refractivity contribution is 6.00. The van der Waals surface area contributed by atoms with E-state index in [0.29, 0.717) is 24.5 Å². The molecule has 2 aromatic rings. The van der Waals surface area contributed by atoms with Gasteiger partial charge in [0.2, 0.25) is 5.91 Å². The lowest BCUT2D eigenvalue weighted by molar-refractivity contribution is -0.133. The summed E-state index contributed by atoms with van der Waals surface area (Å²) in [5.74, 6) is 0.458. The quantitative estimate of drug-likeness (QED) is 0.881. The SMILES string of the molecule is CC(C)c1cc(=O)[nH]c(C2CCCN2C(=O)CN2Cc3ccccc3C2=O)n1. The van der Waals surface area contributed by atoms with Crippen molar-refractivity contribution < 1.29 is 9.59 Å². The summed E-state index contributed by atoms with van der Waals surface area (Å²) >= 11 is 0. The first-order chi connectivity index (χ1) is 13.4. The zero-order valence-electron chi connectivity index (χ0n) is 16.1. The molecule has 4 rings (SSSR count). The second-order valence-electron chi connectivity index (χ2n) is 7.77. The maximum Gasteiger partial charge on any atom is 0.254 e. The molecule has 1 unspecified atom stereocenters. The van der Waals surface area contributed by atoms with Crippen LogP contribution in [0.3, 0.4) is 0 Å². The first-order valence-corrected chi connectivity index (χ1v) is 9.72. The van der Waals surface area contributed by atoms with Gasteiger partial charge in [0, 0.05) is 24.7 Å². The van der Waals surface area contributed by atoms with Crippen LogP contribution in [0.4, 0.5) is 0 Å². The van der Waals surface area contributed by atoms with Crippen LogP contribution in [-0.2, 0) is 11.3 Å². The Labute approximate surface area is 163 Å². The zero-order chi connectivity index (χ0) is 19.8. The molecule has 0 saturated carbocycles. The summed E-state index contributed by atoms with van der Waals surface area (Å²) in [7, 11) is 0. The van der Waals surface area contributed by atoms with E-state index in [1.54, 1.807) is 15.9 Å². The van der Waals surface area contributed by atoms with Gasteiger partial charge in [-0.05, 0) is 30.4 Å². The van der Waals surface area contributed by atoms with Gasteiger partial charge >= 0.3 is 0 Å².